The van der Waals surface area contributed by atoms with Crippen LogP contribution < -0.4 is 10.6 Å². The average molecular weight is 362 g/mol. The minimum absolute atomic E-state index is 0.218. The number of carbonyl (C=O) groups excluding carboxylic acids is 2. The van der Waals surface area contributed by atoms with Gasteiger partial charge in [0.25, 0.3) is 0 Å². The van der Waals surface area contributed by atoms with E-state index in [9.17, 15) is 9.59 Å². The number of benzene rings is 1. The summed E-state index contributed by atoms with van der Waals surface area (Å²) in [5.74, 6) is 0.610. The Morgan fingerprint density at radius 1 is 1.24 bits per heavy atom. The molecule has 136 valence electrons. The summed E-state index contributed by atoms with van der Waals surface area (Å²) in [5.41, 5.74) is 2.01. The lowest BCUT2D eigenvalue weighted by atomic mass is 9.94. The average Bonchev–Trinajstić information content (AvgIpc) is 2.55. The van der Waals surface area contributed by atoms with Gasteiger partial charge in [-0.2, -0.15) is 0 Å². The van der Waals surface area contributed by atoms with Crippen molar-refractivity contribution in [2.75, 3.05) is 5.75 Å². The van der Waals surface area contributed by atoms with Crippen LogP contribution in [-0.2, 0) is 9.53 Å². The number of allylic oxidation sites excluding steroid dienone is 1. The van der Waals surface area contributed by atoms with Gasteiger partial charge in [0.1, 0.15) is 0 Å². The summed E-state index contributed by atoms with van der Waals surface area (Å²) in [4.78, 5) is 25.9. The molecule has 0 aromatic heterocycles. The summed E-state index contributed by atoms with van der Waals surface area (Å²) < 4.78 is 5.42. The summed E-state index contributed by atoms with van der Waals surface area (Å²) in [5, 5.41) is 5.64. The molecule has 0 saturated heterocycles. The van der Waals surface area contributed by atoms with Crippen LogP contribution in [0.5, 0.6) is 0 Å². The molecule has 2 rings (SSSR count). The van der Waals surface area contributed by atoms with Crippen LogP contribution in [0, 0.1) is 0 Å². The summed E-state index contributed by atoms with van der Waals surface area (Å²) in [6.07, 6.45) is 1.23. The Kier molecular flexibility index (Phi) is 6.93. The highest BCUT2D eigenvalue weighted by molar-refractivity contribution is 7.99. The lowest BCUT2D eigenvalue weighted by Gasteiger charge is -2.30. The number of hydrogen-bond donors (Lipinski definition) is 2. The molecule has 0 bridgehead atoms. The van der Waals surface area contributed by atoms with Crippen molar-refractivity contribution >= 4 is 23.8 Å². The number of urea groups is 1. The van der Waals surface area contributed by atoms with Crippen LogP contribution in [0.4, 0.5) is 4.79 Å². The van der Waals surface area contributed by atoms with E-state index in [1.165, 1.54) is 0 Å². The van der Waals surface area contributed by atoms with Gasteiger partial charge >= 0.3 is 12.0 Å². The number of hydrogen-bond acceptors (Lipinski definition) is 4. The highest BCUT2D eigenvalue weighted by atomic mass is 32.2. The van der Waals surface area contributed by atoms with E-state index in [1.54, 1.807) is 11.8 Å². The maximum absolute atomic E-state index is 12.7. The number of rotatable bonds is 7. The lowest BCUT2D eigenvalue weighted by molar-refractivity contribution is -0.143. The van der Waals surface area contributed by atoms with Gasteiger partial charge in [0, 0.05) is 10.6 Å². The first-order valence-electron chi connectivity index (χ1n) is 8.70. The third kappa shape index (κ3) is 5.01. The molecule has 0 aliphatic carbocycles. The number of ether oxygens (including phenoxy) is 1. The van der Waals surface area contributed by atoms with Gasteiger partial charge in [0.2, 0.25) is 0 Å². The van der Waals surface area contributed by atoms with Crippen LogP contribution in [0.25, 0.3) is 0 Å². The van der Waals surface area contributed by atoms with Gasteiger partial charge in [0.15, 0.2) is 0 Å². The molecule has 0 radical (unpaired) electrons. The van der Waals surface area contributed by atoms with Crippen molar-refractivity contribution in [1.82, 2.24) is 10.6 Å². The summed E-state index contributed by atoms with van der Waals surface area (Å²) >= 11 is 1.75. The highest BCUT2D eigenvalue weighted by Gasteiger charge is 2.33. The number of amides is 2. The first kappa shape index (κ1) is 19.4. The predicted octanol–water partition coefficient (Wildman–Crippen LogP) is 4.16. The Morgan fingerprint density at radius 3 is 2.48 bits per heavy atom. The second-order valence-corrected chi connectivity index (χ2v) is 7.47. The molecule has 1 aliphatic heterocycles. The molecule has 1 aliphatic rings. The van der Waals surface area contributed by atoms with Crippen LogP contribution >= 0.6 is 11.8 Å². The summed E-state index contributed by atoms with van der Waals surface area (Å²) in [7, 11) is 0. The number of nitrogens with one attached hydrogen (secondary N) is 2. The fourth-order valence-electron chi connectivity index (χ4n) is 2.76. The van der Waals surface area contributed by atoms with Crippen molar-refractivity contribution in [2.45, 2.75) is 57.6 Å². The molecule has 5 nitrogen and oxygen atoms in total. The smallest absolute Gasteiger partial charge is 0.338 e. The van der Waals surface area contributed by atoms with Crippen molar-refractivity contribution in [3.05, 3.63) is 41.1 Å². The number of carbonyl (C=O) groups is 2. The predicted molar refractivity (Wildman–Crippen MR) is 100 cm³/mol. The minimum Gasteiger partial charge on any atom is -0.459 e. The Morgan fingerprint density at radius 2 is 1.92 bits per heavy atom. The topological polar surface area (TPSA) is 67.4 Å². The zero-order valence-corrected chi connectivity index (χ0v) is 16.0. The van der Waals surface area contributed by atoms with Crippen molar-refractivity contribution in [2.24, 2.45) is 0 Å². The maximum Gasteiger partial charge on any atom is 0.338 e. The van der Waals surface area contributed by atoms with E-state index in [4.69, 9.17) is 4.74 Å². The molecule has 1 aromatic carbocycles. The monoisotopic (exact) mass is 362 g/mol. The standard InChI is InChI=1S/C19H26N2O3S/c1-5-7-15-16(18(22)24-12(3)4)17(21-19(23)20-15)13-8-10-14(11-9-13)25-6-2/h8-12,17H,5-7H2,1-4H3,(H2,20,21,23). The fourth-order valence-corrected chi connectivity index (χ4v) is 3.42. The fraction of sp³-hybridized carbons (Fsp3) is 0.474. The van der Waals surface area contributed by atoms with E-state index in [2.05, 4.69) is 17.6 Å². The van der Waals surface area contributed by atoms with E-state index in [-0.39, 0.29) is 18.1 Å². The molecule has 1 heterocycles. The van der Waals surface area contributed by atoms with Crippen LogP contribution in [-0.4, -0.2) is 23.9 Å². The SMILES string of the molecule is CCCC1=C(C(=O)OC(C)C)C(c2ccc(SCC)cc2)NC(=O)N1. The quantitative estimate of drug-likeness (QED) is 0.565. The minimum atomic E-state index is -0.498. The van der Waals surface area contributed by atoms with Gasteiger partial charge in [-0.15, -0.1) is 11.8 Å². The van der Waals surface area contributed by atoms with Gasteiger partial charge < -0.3 is 15.4 Å². The van der Waals surface area contributed by atoms with Gasteiger partial charge in [-0.25, -0.2) is 9.59 Å². The Hall–Kier alpha value is -1.95. The van der Waals surface area contributed by atoms with E-state index >= 15 is 0 Å². The highest BCUT2D eigenvalue weighted by Crippen LogP contribution is 2.31. The van der Waals surface area contributed by atoms with E-state index in [0.29, 0.717) is 17.7 Å². The molecule has 1 atom stereocenters. The van der Waals surface area contributed by atoms with E-state index < -0.39 is 6.04 Å². The third-order valence-corrected chi connectivity index (χ3v) is 4.63. The molecule has 0 spiro atoms. The van der Waals surface area contributed by atoms with Crippen LogP contribution in [0.2, 0.25) is 0 Å². The Balaban J connectivity index is 2.41. The van der Waals surface area contributed by atoms with E-state index in [1.807, 2.05) is 45.0 Å². The molecule has 1 unspecified atom stereocenters. The zero-order valence-electron chi connectivity index (χ0n) is 15.2. The van der Waals surface area contributed by atoms with Gasteiger partial charge in [-0.1, -0.05) is 32.4 Å². The van der Waals surface area contributed by atoms with Gasteiger partial charge in [-0.3, -0.25) is 0 Å². The van der Waals surface area contributed by atoms with Crippen molar-refractivity contribution in [3.63, 3.8) is 0 Å². The molecule has 1 aromatic rings. The van der Waals surface area contributed by atoms with Crippen LogP contribution in [0.15, 0.2) is 40.4 Å². The largest absolute Gasteiger partial charge is 0.459 e. The normalized spacial score (nSPS) is 17.3. The molecule has 2 N–H and O–H groups in total. The van der Waals surface area contributed by atoms with E-state index in [0.717, 1.165) is 22.6 Å². The lowest BCUT2D eigenvalue weighted by Crippen LogP contribution is -2.46. The zero-order chi connectivity index (χ0) is 18.4. The Bertz CT molecular complexity index is 653. The molecule has 0 fully saturated rings. The molecule has 2 amide bonds. The molecular formula is C19H26N2O3S. The summed E-state index contributed by atoms with van der Waals surface area (Å²) in [6, 6.07) is 7.16. The van der Waals surface area contributed by atoms with Gasteiger partial charge in [-0.05, 0) is 43.7 Å². The third-order valence-electron chi connectivity index (χ3n) is 3.74. The molecule has 0 saturated carbocycles. The molecule has 6 heteroatoms. The van der Waals surface area contributed by atoms with Crippen molar-refractivity contribution in [3.8, 4) is 0 Å². The van der Waals surface area contributed by atoms with Gasteiger partial charge in [0.05, 0.1) is 17.7 Å². The molecule has 25 heavy (non-hydrogen) atoms. The number of thioether (sulfide) groups is 1. The van der Waals surface area contributed by atoms with Crippen LogP contribution in [0.3, 0.4) is 0 Å². The van der Waals surface area contributed by atoms with Crippen LogP contribution in [0.1, 0.15) is 52.1 Å². The second-order valence-electron chi connectivity index (χ2n) is 6.13. The second kappa shape index (κ2) is 8.94. The first-order valence-corrected chi connectivity index (χ1v) is 9.69. The summed E-state index contributed by atoms with van der Waals surface area (Å²) in [6.45, 7) is 7.75. The first-order chi connectivity index (χ1) is 12.0. The Labute approximate surface area is 153 Å². The van der Waals surface area contributed by atoms with Crippen molar-refractivity contribution < 1.29 is 14.3 Å². The molecular weight excluding hydrogens is 336 g/mol. The maximum atomic E-state index is 12.7. The number of esters is 1. The van der Waals surface area contributed by atoms with Crippen molar-refractivity contribution in [1.29, 1.82) is 0 Å².